The summed E-state index contributed by atoms with van der Waals surface area (Å²) in [7, 11) is 0. The number of aryl methyl sites for hydroxylation is 2. The number of carbonyl (C=O) groups is 2. The lowest BCUT2D eigenvalue weighted by Gasteiger charge is -2.48. The number of hydrogen-bond acceptors (Lipinski definition) is 4. The average Bonchev–Trinajstić information content (AvgIpc) is 2.89. The van der Waals surface area contributed by atoms with Crippen molar-refractivity contribution < 1.29 is 19.1 Å². The van der Waals surface area contributed by atoms with Gasteiger partial charge in [-0.15, -0.1) is 0 Å². The Labute approximate surface area is 142 Å². The fourth-order valence-corrected chi connectivity index (χ4v) is 4.15. The third kappa shape index (κ3) is 3.20. The summed E-state index contributed by atoms with van der Waals surface area (Å²) >= 11 is 0. The van der Waals surface area contributed by atoms with E-state index in [0.717, 1.165) is 31.6 Å². The van der Waals surface area contributed by atoms with Gasteiger partial charge in [-0.25, -0.2) is 0 Å². The second kappa shape index (κ2) is 6.59. The highest BCUT2D eigenvalue weighted by Crippen LogP contribution is 2.39. The maximum absolute atomic E-state index is 12.9. The maximum atomic E-state index is 12.9. The average molecular weight is 334 g/mol. The number of piperidine rings is 2. The highest BCUT2D eigenvalue weighted by Gasteiger charge is 2.42. The van der Waals surface area contributed by atoms with Crippen molar-refractivity contribution in [2.75, 3.05) is 32.8 Å². The van der Waals surface area contributed by atoms with Crippen molar-refractivity contribution in [3.63, 3.8) is 0 Å². The summed E-state index contributed by atoms with van der Waals surface area (Å²) in [6, 6.07) is 1.81. The van der Waals surface area contributed by atoms with Gasteiger partial charge >= 0.3 is 0 Å². The van der Waals surface area contributed by atoms with Crippen LogP contribution in [0.5, 0.6) is 0 Å². The molecule has 0 bridgehead atoms. The topological polar surface area (TPSA) is 74.0 Å². The van der Waals surface area contributed by atoms with Crippen LogP contribution in [0.15, 0.2) is 10.5 Å². The number of likely N-dealkylation sites (tertiary alicyclic amines) is 2. The fourth-order valence-electron chi connectivity index (χ4n) is 4.15. The van der Waals surface area contributed by atoms with Crippen LogP contribution in [-0.2, 0) is 4.79 Å². The van der Waals surface area contributed by atoms with Crippen molar-refractivity contribution in [2.45, 2.75) is 39.5 Å². The van der Waals surface area contributed by atoms with E-state index >= 15 is 0 Å². The van der Waals surface area contributed by atoms with Crippen LogP contribution in [0.25, 0.3) is 0 Å². The van der Waals surface area contributed by atoms with Gasteiger partial charge in [0.25, 0.3) is 5.91 Å². The summed E-state index contributed by atoms with van der Waals surface area (Å²) in [6.45, 7) is 6.10. The first kappa shape index (κ1) is 17.0. The van der Waals surface area contributed by atoms with E-state index in [4.69, 9.17) is 4.42 Å². The first-order valence-corrected chi connectivity index (χ1v) is 8.69. The molecule has 3 heterocycles. The lowest BCUT2D eigenvalue weighted by atomic mass is 9.73. The maximum Gasteiger partial charge on any atom is 0.257 e. The number of furan rings is 1. The van der Waals surface area contributed by atoms with Crippen LogP contribution >= 0.6 is 0 Å². The Kier molecular flexibility index (Phi) is 4.67. The van der Waals surface area contributed by atoms with E-state index in [1.807, 2.05) is 18.7 Å². The Morgan fingerprint density at radius 1 is 1.33 bits per heavy atom. The normalized spacial score (nSPS) is 24.7. The SMILES string of the molecule is Cc1cc(C(=O)N2CCCC3(CCC(=O)N(CCO)C3)C2)c(C)o1. The number of aliphatic hydroxyl groups is 1. The van der Waals surface area contributed by atoms with Crippen molar-refractivity contribution in [3.8, 4) is 0 Å². The molecule has 1 spiro atoms. The van der Waals surface area contributed by atoms with E-state index in [-0.39, 0.29) is 23.8 Å². The van der Waals surface area contributed by atoms with E-state index in [9.17, 15) is 14.7 Å². The molecule has 1 N–H and O–H groups in total. The number of amides is 2. The number of hydrogen-bond donors (Lipinski definition) is 1. The van der Waals surface area contributed by atoms with Gasteiger partial charge < -0.3 is 19.3 Å². The number of carbonyl (C=O) groups excluding carboxylic acids is 2. The Morgan fingerprint density at radius 2 is 2.12 bits per heavy atom. The molecule has 0 radical (unpaired) electrons. The second-order valence-electron chi connectivity index (χ2n) is 7.20. The van der Waals surface area contributed by atoms with Gasteiger partial charge in [0.1, 0.15) is 11.5 Å². The largest absolute Gasteiger partial charge is 0.466 e. The first-order chi connectivity index (χ1) is 11.4. The second-order valence-corrected chi connectivity index (χ2v) is 7.20. The van der Waals surface area contributed by atoms with Crippen LogP contribution in [0, 0.1) is 19.3 Å². The predicted octanol–water partition coefficient (Wildman–Crippen LogP) is 1.73. The lowest BCUT2D eigenvalue weighted by Crippen LogP contribution is -2.55. The van der Waals surface area contributed by atoms with Crippen molar-refractivity contribution >= 4 is 11.8 Å². The summed E-state index contributed by atoms with van der Waals surface area (Å²) in [5, 5.41) is 9.18. The highest BCUT2D eigenvalue weighted by molar-refractivity contribution is 5.95. The summed E-state index contributed by atoms with van der Waals surface area (Å²) in [5.41, 5.74) is 0.604. The molecule has 1 aromatic rings. The monoisotopic (exact) mass is 334 g/mol. The van der Waals surface area contributed by atoms with Crippen molar-refractivity contribution in [1.29, 1.82) is 0 Å². The Morgan fingerprint density at radius 3 is 2.79 bits per heavy atom. The Bertz CT molecular complexity index is 639. The molecule has 0 aliphatic carbocycles. The predicted molar refractivity (Wildman–Crippen MR) is 88.7 cm³/mol. The van der Waals surface area contributed by atoms with Gasteiger partial charge in [-0.05, 0) is 39.2 Å². The van der Waals surface area contributed by atoms with E-state index in [0.29, 0.717) is 37.4 Å². The molecule has 0 saturated carbocycles. The highest BCUT2D eigenvalue weighted by atomic mass is 16.3. The third-order valence-electron chi connectivity index (χ3n) is 5.34. The lowest BCUT2D eigenvalue weighted by molar-refractivity contribution is -0.139. The minimum atomic E-state index is -0.0380. The van der Waals surface area contributed by atoms with Crippen LogP contribution in [-0.4, -0.2) is 59.5 Å². The van der Waals surface area contributed by atoms with Crippen LogP contribution in [0.4, 0.5) is 0 Å². The molecule has 1 atom stereocenters. The zero-order valence-electron chi connectivity index (χ0n) is 14.5. The standard InChI is InChI=1S/C18H26N2O4/c1-13-10-15(14(2)24-13)17(23)20-7-3-5-18(12-20)6-4-16(22)19(11-18)8-9-21/h10,21H,3-9,11-12H2,1-2H3. The molecule has 1 unspecified atom stereocenters. The van der Waals surface area contributed by atoms with E-state index in [1.165, 1.54) is 0 Å². The molecule has 1 aromatic heterocycles. The van der Waals surface area contributed by atoms with E-state index < -0.39 is 0 Å². The molecule has 0 aromatic carbocycles. The summed E-state index contributed by atoms with van der Waals surface area (Å²) in [4.78, 5) is 28.6. The minimum absolute atomic E-state index is 0.0159. The van der Waals surface area contributed by atoms with E-state index in [2.05, 4.69) is 0 Å². The molecule has 2 aliphatic rings. The Balaban J connectivity index is 1.75. The summed E-state index contributed by atoms with van der Waals surface area (Å²) in [6.07, 6.45) is 3.30. The van der Waals surface area contributed by atoms with Crippen LogP contribution < -0.4 is 0 Å². The summed E-state index contributed by atoms with van der Waals surface area (Å²) in [5.74, 6) is 1.55. The van der Waals surface area contributed by atoms with Crippen LogP contribution in [0.3, 0.4) is 0 Å². The molecular weight excluding hydrogens is 308 g/mol. The minimum Gasteiger partial charge on any atom is -0.466 e. The van der Waals surface area contributed by atoms with E-state index in [1.54, 1.807) is 11.0 Å². The Hall–Kier alpha value is -1.82. The quantitative estimate of drug-likeness (QED) is 0.914. The molecule has 2 saturated heterocycles. The first-order valence-electron chi connectivity index (χ1n) is 8.69. The zero-order chi connectivity index (χ0) is 17.3. The van der Waals surface area contributed by atoms with Gasteiger partial charge in [0.2, 0.25) is 5.91 Å². The van der Waals surface area contributed by atoms with Gasteiger partial charge in [-0.2, -0.15) is 0 Å². The number of nitrogens with zero attached hydrogens (tertiary/aromatic N) is 2. The zero-order valence-corrected chi connectivity index (χ0v) is 14.5. The van der Waals surface area contributed by atoms with Crippen LogP contribution in [0.1, 0.15) is 47.6 Å². The molecule has 6 nitrogen and oxygen atoms in total. The van der Waals surface area contributed by atoms with Gasteiger partial charge in [0, 0.05) is 38.0 Å². The van der Waals surface area contributed by atoms with Gasteiger partial charge in [-0.3, -0.25) is 9.59 Å². The van der Waals surface area contributed by atoms with Crippen molar-refractivity contribution in [1.82, 2.24) is 9.80 Å². The number of rotatable bonds is 3. The van der Waals surface area contributed by atoms with Gasteiger partial charge in [-0.1, -0.05) is 0 Å². The molecule has 24 heavy (non-hydrogen) atoms. The van der Waals surface area contributed by atoms with Crippen molar-refractivity contribution in [2.24, 2.45) is 5.41 Å². The third-order valence-corrected chi connectivity index (χ3v) is 5.34. The number of β-amino-alcohol motifs (C(OH)–C–C–N with tert-alkyl or cyclic N) is 1. The van der Waals surface area contributed by atoms with Gasteiger partial charge in [0.15, 0.2) is 0 Å². The molecule has 2 fully saturated rings. The molecule has 2 aliphatic heterocycles. The molecule has 3 rings (SSSR count). The molecular formula is C18H26N2O4. The fraction of sp³-hybridized carbons (Fsp3) is 0.667. The van der Waals surface area contributed by atoms with Crippen LogP contribution in [0.2, 0.25) is 0 Å². The van der Waals surface area contributed by atoms with Crippen molar-refractivity contribution in [3.05, 3.63) is 23.2 Å². The van der Waals surface area contributed by atoms with Gasteiger partial charge in [0.05, 0.1) is 12.2 Å². The molecule has 132 valence electrons. The smallest absolute Gasteiger partial charge is 0.257 e. The number of aliphatic hydroxyl groups excluding tert-OH is 1. The summed E-state index contributed by atoms with van der Waals surface area (Å²) < 4.78 is 5.50. The molecule has 2 amide bonds. The molecule has 6 heteroatoms.